The van der Waals surface area contributed by atoms with Gasteiger partial charge in [0.1, 0.15) is 0 Å². The smallest absolute Gasteiger partial charge is 0.333 e. The van der Waals surface area contributed by atoms with Crippen LogP contribution in [0.25, 0.3) is 0 Å². The van der Waals surface area contributed by atoms with Gasteiger partial charge in [0, 0.05) is 13.2 Å². The van der Waals surface area contributed by atoms with E-state index in [1.807, 2.05) is 4.72 Å². The van der Waals surface area contributed by atoms with Gasteiger partial charge in [0.15, 0.2) is 0 Å². The first kappa shape index (κ1) is 8.92. The zero-order chi connectivity index (χ0) is 8.32. The highest BCUT2D eigenvalue weighted by Gasteiger charge is 2.16. The van der Waals surface area contributed by atoms with Crippen molar-refractivity contribution in [2.75, 3.05) is 13.2 Å². The van der Waals surface area contributed by atoms with Crippen molar-refractivity contribution in [3.05, 3.63) is 0 Å². The zero-order valence-electron chi connectivity index (χ0n) is 5.99. The standard InChI is InChI=1S/C5H11NO4S/c7-11(8,9)6-4-5-2-1-3-10-5/h5-6H,1-4H2,(H,7,8,9). The summed E-state index contributed by atoms with van der Waals surface area (Å²) in [6, 6.07) is 0. The van der Waals surface area contributed by atoms with Gasteiger partial charge in [0.05, 0.1) is 6.10 Å². The Morgan fingerprint density at radius 3 is 2.82 bits per heavy atom. The third kappa shape index (κ3) is 3.66. The Morgan fingerprint density at radius 2 is 2.36 bits per heavy atom. The van der Waals surface area contributed by atoms with E-state index in [0.717, 1.165) is 12.8 Å². The molecule has 0 aromatic rings. The molecule has 1 aliphatic heterocycles. The Morgan fingerprint density at radius 1 is 1.64 bits per heavy atom. The van der Waals surface area contributed by atoms with Crippen LogP contribution in [-0.4, -0.2) is 32.2 Å². The first-order valence-electron chi connectivity index (χ1n) is 3.41. The van der Waals surface area contributed by atoms with Crippen molar-refractivity contribution in [1.82, 2.24) is 4.72 Å². The van der Waals surface area contributed by atoms with E-state index >= 15 is 0 Å². The Hall–Kier alpha value is -0.170. The van der Waals surface area contributed by atoms with Crippen molar-refractivity contribution in [3.8, 4) is 0 Å². The minimum Gasteiger partial charge on any atom is -0.377 e. The monoisotopic (exact) mass is 181 g/mol. The third-order valence-corrected chi connectivity index (χ3v) is 2.05. The van der Waals surface area contributed by atoms with Crippen molar-refractivity contribution in [3.63, 3.8) is 0 Å². The molecule has 1 unspecified atom stereocenters. The van der Waals surface area contributed by atoms with E-state index < -0.39 is 10.3 Å². The number of ether oxygens (including phenoxy) is 1. The molecule has 1 atom stereocenters. The van der Waals surface area contributed by atoms with Crippen LogP contribution in [0.5, 0.6) is 0 Å². The fourth-order valence-corrected chi connectivity index (χ4v) is 1.40. The molecule has 5 nitrogen and oxygen atoms in total. The van der Waals surface area contributed by atoms with Gasteiger partial charge >= 0.3 is 10.3 Å². The van der Waals surface area contributed by atoms with Crippen molar-refractivity contribution in [1.29, 1.82) is 0 Å². The highest BCUT2D eigenvalue weighted by atomic mass is 32.2. The summed E-state index contributed by atoms with van der Waals surface area (Å²) in [5.74, 6) is 0. The molecule has 1 aliphatic rings. The van der Waals surface area contributed by atoms with Gasteiger partial charge in [-0.2, -0.15) is 13.1 Å². The largest absolute Gasteiger partial charge is 0.377 e. The highest BCUT2D eigenvalue weighted by Crippen LogP contribution is 2.10. The topological polar surface area (TPSA) is 75.6 Å². The van der Waals surface area contributed by atoms with Crippen LogP contribution in [0.4, 0.5) is 0 Å². The SMILES string of the molecule is O=S(=O)(O)NCC1CCCO1. The van der Waals surface area contributed by atoms with Crippen molar-refractivity contribution >= 4 is 10.3 Å². The van der Waals surface area contributed by atoms with Crippen molar-refractivity contribution in [2.24, 2.45) is 0 Å². The summed E-state index contributed by atoms with van der Waals surface area (Å²) in [6.45, 7) is 0.844. The number of rotatable bonds is 3. The normalized spacial score (nSPS) is 25.7. The van der Waals surface area contributed by atoms with Crippen LogP contribution < -0.4 is 4.72 Å². The fourth-order valence-electron chi connectivity index (χ4n) is 1.00. The molecule has 66 valence electrons. The lowest BCUT2D eigenvalue weighted by Crippen LogP contribution is -2.31. The maximum absolute atomic E-state index is 10.2. The summed E-state index contributed by atoms with van der Waals surface area (Å²) >= 11 is 0. The van der Waals surface area contributed by atoms with Gasteiger partial charge in [-0.25, -0.2) is 0 Å². The lowest BCUT2D eigenvalue weighted by molar-refractivity contribution is 0.114. The maximum atomic E-state index is 10.2. The minimum absolute atomic E-state index is 0.0723. The van der Waals surface area contributed by atoms with Gasteiger partial charge in [-0.05, 0) is 12.8 Å². The predicted molar refractivity (Wildman–Crippen MR) is 38.5 cm³/mol. The number of hydrogen-bond donors (Lipinski definition) is 2. The highest BCUT2D eigenvalue weighted by molar-refractivity contribution is 7.83. The second-order valence-electron chi connectivity index (χ2n) is 2.46. The third-order valence-electron chi connectivity index (χ3n) is 1.52. The second-order valence-corrected chi connectivity index (χ2v) is 3.70. The lowest BCUT2D eigenvalue weighted by Gasteiger charge is -2.07. The number of nitrogens with one attached hydrogen (secondary N) is 1. The molecule has 0 aromatic heterocycles. The Balaban J connectivity index is 2.22. The van der Waals surface area contributed by atoms with Gasteiger partial charge in [0.25, 0.3) is 0 Å². The summed E-state index contributed by atoms with van der Waals surface area (Å²) in [5, 5.41) is 0. The van der Waals surface area contributed by atoms with E-state index in [1.165, 1.54) is 0 Å². The second kappa shape index (κ2) is 3.48. The van der Waals surface area contributed by atoms with Crippen LogP contribution in [0, 0.1) is 0 Å². The average molecular weight is 181 g/mol. The minimum atomic E-state index is -4.04. The van der Waals surface area contributed by atoms with E-state index in [2.05, 4.69) is 0 Å². The van der Waals surface area contributed by atoms with E-state index in [0.29, 0.717) is 6.61 Å². The van der Waals surface area contributed by atoms with Crippen LogP contribution in [0.3, 0.4) is 0 Å². The van der Waals surface area contributed by atoms with E-state index in [1.54, 1.807) is 0 Å². The predicted octanol–water partition coefficient (Wildman–Crippen LogP) is -0.442. The molecule has 11 heavy (non-hydrogen) atoms. The van der Waals surface area contributed by atoms with Gasteiger partial charge in [-0.1, -0.05) is 0 Å². The average Bonchev–Trinajstić information content (AvgIpc) is 2.32. The van der Waals surface area contributed by atoms with E-state index in [4.69, 9.17) is 9.29 Å². The van der Waals surface area contributed by atoms with E-state index in [9.17, 15) is 8.42 Å². The molecule has 6 heteroatoms. The molecule has 0 radical (unpaired) electrons. The maximum Gasteiger partial charge on any atom is 0.333 e. The summed E-state index contributed by atoms with van der Waals surface area (Å²) < 4.78 is 35.7. The van der Waals surface area contributed by atoms with Gasteiger partial charge in [-0.3, -0.25) is 4.55 Å². The first-order valence-corrected chi connectivity index (χ1v) is 4.85. The quantitative estimate of drug-likeness (QED) is 0.579. The molecule has 0 aromatic carbocycles. The van der Waals surface area contributed by atoms with Crippen molar-refractivity contribution in [2.45, 2.75) is 18.9 Å². The molecule has 0 saturated carbocycles. The van der Waals surface area contributed by atoms with Crippen LogP contribution in [0.1, 0.15) is 12.8 Å². The molecule has 1 saturated heterocycles. The summed E-state index contributed by atoms with van der Waals surface area (Å²) in [4.78, 5) is 0. The molecule has 1 rings (SSSR count). The zero-order valence-corrected chi connectivity index (χ0v) is 6.80. The molecule has 0 amide bonds. The molecule has 0 bridgehead atoms. The molecule has 0 aliphatic carbocycles. The molecule has 0 spiro atoms. The van der Waals surface area contributed by atoms with Crippen LogP contribution in [-0.2, 0) is 15.0 Å². The van der Waals surface area contributed by atoms with Gasteiger partial charge in [0.2, 0.25) is 0 Å². The number of hydrogen-bond acceptors (Lipinski definition) is 3. The Kier molecular flexibility index (Phi) is 2.83. The van der Waals surface area contributed by atoms with E-state index in [-0.39, 0.29) is 12.6 Å². The lowest BCUT2D eigenvalue weighted by atomic mass is 10.2. The molecule has 2 N–H and O–H groups in total. The Bertz CT molecular complexity index is 207. The van der Waals surface area contributed by atoms with Crippen LogP contribution >= 0.6 is 0 Å². The summed E-state index contributed by atoms with van der Waals surface area (Å²) in [6.07, 6.45) is 1.73. The molecule has 1 fully saturated rings. The Labute approximate surface area is 65.6 Å². The van der Waals surface area contributed by atoms with Crippen LogP contribution in [0.2, 0.25) is 0 Å². The van der Waals surface area contributed by atoms with Gasteiger partial charge < -0.3 is 4.74 Å². The molecular formula is C5H11NO4S. The summed E-state index contributed by atoms with van der Waals surface area (Å²) in [7, 11) is -4.04. The first-order chi connectivity index (χ1) is 5.08. The van der Waals surface area contributed by atoms with Crippen LogP contribution in [0.15, 0.2) is 0 Å². The molecular weight excluding hydrogens is 170 g/mol. The fraction of sp³-hybridized carbons (Fsp3) is 1.00. The van der Waals surface area contributed by atoms with Gasteiger partial charge in [-0.15, -0.1) is 0 Å². The molecule has 1 heterocycles. The van der Waals surface area contributed by atoms with Crippen molar-refractivity contribution < 1.29 is 17.7 Å². The summed E-state index contributed by atoms with van der Waals surface area (Å²) in [5.41, 5.74) is 0.